The molecule has 110 valence electrons. The van der Waals surface area contributed by atoms with Crippen molar-refractivity contribution in [2.45, 2.75) is 19.5 Å². The maximum Gasteiger partial charge on any atom is 0.417 e. The van der Waals surface area contributed by atoms with E-state index in [1.54, 1.807) is 12.1 Å². The summed E-state index contributed by atoms with van der Waals surface area (Å²) in [4.78, 5) is 12.2. The van der Waals surface area contributed by atoms with Crippen LogP contribution in [0, 0.1) is 6.92 Å². The van der Waals surface area contributed by atoms with Crippen molar-refractivity contribution in [1.29, 1.82) is 0 Å². The van der Waals surface area contributed by atoms with Crippen LogP contribution < -0.4 is 0 Å². The van der Waals surface area contributed by atoms with E-state index in [4.69, 9.17) is 0 Å². The molecule has 0 heterocycles. The molecule has 0 saturated carbocycles. The molecular weight excluding hydrogens is 345 g/mol. The summed E-state index contributed by atoms with van der Waals surface area (Å²) in [5, 5.41) is 0. The normalized spacial score (nSPS) is 11.5. The van der Waals surface area contributed by atoms with Gasteiger partial charge in [0.2, 0.25) is 0 Å². The SMILES string of the molecule is Cc1ccccc1CC(=O)c1ccc(Br)c(C(F)(F)F)c1. The van der Waals surface area contributed by atoms with Gasteiger partial charge >= 0.3 is 6.18 Å². The second-order valence-electron chi connectivity index (χ2n) is 4.72. The molecule has 0 aliphatic rings. The maximum atomic E-state index is 12.8. The quantitative estimate of drug-likeness (QED) is 0.690. The minimum atomic E-state index is -4.49. The van der Waals surface area contributed by atoms with Crippen LogP contribution in [0.2, 0.25) is 0 Å². The fourth-order valence-electron chi connectivity index (χ4n) is 2.00. The van der Waals surface area contributed by atoms with Crippen molar-refractivity contribution in [2.24, 2.45) is 0 Å². The highest BCUT2D eigenvalue weighted by molar-refractivity contribution is 9.10. The maximum absolute atomic E-state index is 12.8. The van der Waals surface area contributed by atoms with E-state index in [0.29, 0.717) is 0 Å². The third kappa shape index (κ3) is 3.73. The van der Waals surface area contributed by atoms with Crippen LogP contribution >= 0.6 is 15.9 Å². The van der Waals surface area contributed by atoms with Gasteiger partial charge in [-0.05, 0) is 30.2 Å². The molecule has 0 saturated heterocycles. The van der Waals surface area contributed by atoms with Crippen LogP contribution in [-0.4, -0.2) is 5.78 Å². The summed E-state index contributed by atoms with van der Waals surface area (Å²) in [5.41, 5.74) is 0.991. The van der Waals surface area contributed by atoms with E-state index in [9.17, 15) is 18.0 Å². The predicted molar refractivity (Wildman–Crippen MR) is 78.4 cm³/mol. The number of Topliss-reactive ketones (excluding diaryl/α,β-unsaturated/α-hetero) is 1. The summed E-state index contributed by atoms with van der Waals surface area (Å²) >= 11 is 2.86. The summed E-state index contributed by atoms with van der Waals surface area (Å²) < 4.78 is 38.5. The molecule has 0 radical (unpaired) electrons. The molecule has 2 rings (SSSR count). The molecule has 2 aromatic rings. The molecule has 0 spiro atoms. The molecule has 0 aliphatic carbocycles. The Kier molecular flexibility index (Phi) is 4.52. The Hall–Kier alpha value is -1.62. The summed E-state index contributed by atoms with van der Waals surface area (Å²) in [6.45, 7) is 1.87. The fraction of sp³-hybridized carbons (Fsp3) is 0.188. The van der Waals surface area contributed by atoms with Crippen molar-refractivity contribution in [3.63, 3.8) is 0 Å². The third-order valence-corrected chi connectivity index (χ3v) is 3.90. The van der Waals surface area contributed by atoms with Crippen molar-refractivity contribution < 1.29 is 18.0 Å². The summed E-state index contributed by atoms with van der Waals surface area (Å²) in [7, 11) is 0. The van der Waals surface area contributed by atoms with Crippen LogP contribution in [0.15, 0.2) is 46.9 Å². The van der Waals surface area contributed by atoms with E-state index in [1.165, 1.54) is 12.1 Å². The molecule has 0 unspecified atom stereocenters. The minimum Gasteiger partial charge on any atom is -0.294 e. The Balaban J connectivity index is 2.31. The molecule has 0 N–H and O–H groups in total. The van der Waals surface area contributed by atoms with E-state index in [2.05, 4.69) is 15.9 Å². The van der Waals surface area contributed by atoms with Crippen molar-refractivity contribution in [2.75, 3.05) is 0 Å². The fourth-order valence-corrected chi connectivity index (χ4v) is 2.47. The zero-order valence-electron chi connectivity index (χ0n) is 11.2. The Bertz CT molecular complexity index is 677. The largest absolute Gasteiger partial charge is 0.417 e. The van der Waals surface area contributed by atoms with Crippen molar-refractivity contribution in [1.82, 2.24) is 0 Å². The number of hydrogen-bond acceptors (Lipinski definition) is 1. The van der Waals surface area contributed by atoms with Crippen LogP contribution in [0.25, 0.3) is 0 Å². The highest BCUT2D eigenvalue weighted by atomic mass is 79.9. The lowest BCUT2D eigenvalue weighted by Gasteiger charge is -2.11. The van der Waals surface area contributed by atoms with E-state index >= 15 is 0 Å². The Morgan fingerprint density at radius 2 is 1.81 bits per heavy atom. The topological polar surface area (TPSA) is 17.1 Å². The number of carbonyl (C=O) groups is 1. The first-order valence-corrected chi connectivity index (χ1v) is 7.03. The smallest absolute Gasteiger partial charge is 0.294 e. The van der Waals surface area contributed by atoms with E-state index in [1.807, 2.05) is 19.1 Å². The number of alkyl halides is 3. The van der Waals surface area contributed by atoms with Gasteiger partial charge in [0.25, 0.3) is 0 Å². The zero-order chi connectivity index (χ0) is 15.6. The average Bonchev–Trinajstić information content (AvgIpc) is 2.40. The molecule has 0 aromatic heterocycles. The number of carbonyl (C=O) groups excluding carboxylic acids is 1. The average molecular weight is 357 g/mol. The molecule has 0 aliphatic heterocycles. The first-order chi connectivity index (χ1) is 9.79. The van der Waals surface area contributed by atoms with Crippen molar-refractivity contribution in [3.05, 3.63) is 69.2 Å². The number of hydrogen-bond donors (Lipinski definition) is 0. The lowest BCUT2D eigenvalue weighted by Crippen LogP contribution is -2.10. The number of ketones is 1. The van der Waals surface area contributed by atoms with Gasteiger partial charge in [-0.3, -0.25) is 4.79 Å². The van der Waals surface area contributed by atoms with Gasteiger partial charge in [-0.1, -0.05) is 46.3 Å². The van der Waals surface area contributed by atoms with Gasteiger partial charge < -0.3 is 0 Å². The van der Waals surface area contributed by atoms with E-state index in [-0.39, 0.29) is 22.2 Å². The number of aryl methyl sites for hydroxylation is 1. The highest BCUT2D eigenvalue weighted by Gasteiger charge is 2.33. The molecule has 0 fully saturated rings. The summed E-state index contributed by atoms with van der Waals surface area (Å²) in [6.07, 6.45) is -4.40. The second kappa shape index (κ2) is 6.02. The molecule has 0 atom stereocenters. The highest BCUT2D eigenvalue weighted by Crippen LogP contribution is 2.35. The van der Waals surface area contributed by atoms with E-state index in [0.717, 1.165) is 17.2 Å². The molecule has 5 heteroatoms. The van der Waals surface area contributed by atoms with Crippen molar-refractivity contribution >= 4 is 21.7 Å². The van der Waals surface area contributed by atoms with Crippen molar-refractivity contribution in [3.8, 4) is 0 Å². The summed E-state index contributed by atoms with van der Waals surface area (Å²) in [5.74, 6) is -0.331. The van der Waals surface area contributed by atoms with Gasteiger partial charge in [-0.2, -0.15) is 13.2 Å². The first kappa shape index (κ1) is 15.8. The van der Waals surface area contributed by atoms with Crippen LogP contribution in [0.5, 0.6) is 0 Å². The molecule has 21 heavy (non-hydrogen) atoms. The standard InChI is InChI=1S/C16H12BrF3O/c1-10-4-2-3-5-11(10)9-15(21)12-6-7-14(17)13(8-12)16(18,19)20/h2-8H,9H2,1H3. The van der Waals surface area contributed by atoms with Gasteiger partial charge in [0.1, 0.15) is 0 Å². The number of rotatable bonds is 3. The zero-order valence-corrected chi connectivity index (χ0v) is 12.8. The van der Waals surface area contributed by atoms with Gasteiger partial charge in [0.05, 0.1) is 5.56 Å². The lowest BCUT2D eigenvalue weighted by atomic mass is 9.98. The van der Waals surface area contributed by atoms with Crippen LogP contribution in [0.1, 0.15) is 27.0 Å². The van der Waals surface area contributed by atoms with Gasteiger partial charge in [0.15, 0.2) is 5.78 Å². The predicted octanol–water partition coefficient (Wildman–Crippen LogP) is 5.20. The molecule has 0 amide bonds. The molecule has 0 bridgehead atoms. The summed E-state index contributed by atoms with van der Waals surface area (Å²) in [6, 6.07) is 10.9. The van der Waals surface area contributed by atoms with Gasteiger partial charge in [-0.15, -0.1) is 0 Å². The number of halogens is 4. The molecule has 1 nitrogen and oxygen atoms in total. The Labute approximate surface area is 128 Å². The first-order valence-electron chi connectivity index (χ1n) is 6.23. The molecule has 2 aromatic carbocycles. The van der Waals surface area contributed by atoms with Crippen LogP contribution in [0.3, 0.4) is 0 Å². The lowest BCUT2D eigenvalue weighted by molar-refractivity contribution is -0.138. The monoisotopic (exact) mass is 356 g/mol. The third-order valence-electron chi connectivity index (χ3n) is 3.21. The number of benzene rings is 2. The van der Waals surface area contributed by atoms with Gasteiger partial charge in [-0.25, -0.2) is 0 Å². The van der Waals surface area contributed by atoms with Gasteiger partial charge in [0, 0.05) is 16.5 Å². The van der Waals surface area contributed by atoms with Crippen LogP contribution in [0.4, 0.5) is 13.2 Å². The van der Waals surface area contributed by atoms with Crippen LogP contribution in [-0.2, 0) is 12.6 Å². The Morgan fingerprint density at radius 1 is 1.14 bits per heavy atom. The second-order valence-corrected chi connectivity index (χ2v) is 5.57. The van der Waals surface area contributed by atoms with E-state index < -0.39 is 11.7 Å². The Morgan fingerprint density at radius 3 is 2.43 bits per heavy atom. The molecular formula is C16H12BrF3O. The minimum absolute atomic E-state index is 0.0637.